The Bertz CT molecular complexity index is 555. The van der Waals surface area contributed by atoms with E-state index in [0.29, 0.717) is 5.92 Å². The average molecular weight is 272 g/mol. The van der Waals surface area contributed by atoms with Crippen LogP contribution in [0.5, 0.6) is 0 Å². The van der Waals surface area contributed by atoms with Gasteiger partial charge < -0.3 is 10.2 Å². The highest BCUT2D eigenvalue weighted by molar-refractivity contribution is 5.40. The van der Waals surface area contributed by atoms with E-state index in [1.54, 1.807) is 0 Å². The molecule has 0 aromatic carbocycles. The summed E-state index contributed by atoms with van der Waals surface area (Å²) in [5, 5.41) is 16.1. The first-order valence-electron chi connectivity index (χ1n) is 6.95. The zero-order valence-electron chi connectivity index (χ0n) is 12.0. The Morgan fingerprint density at radius 1 is 1.25 bits per heavy atom. The van der Waals surface area contributed by atoms with Crippen LogP contribution >= 0.6 is 0 Å². The van der Waals surface area contributed by atoms with Gasteiger partial charge in [-0.15, -0.1) is 5.10 Å². The van der Waals surface area contributed by atoms with Crippen molar-refractivity contribution in [1.29, 1.82) is 0 Å². The van der Waals surface area contributed by atoms with E-state index in [1.807, 2.05) is 43.0 Å². The smallest absolute Gasteiger partial charge is 0.151 e. The molecule has 1 aliphatic rings. The standard InChI is InChI=1S/C14H20N6/c1-11-3-4-14(17-16-11)20-9-12(10-20)7-15-8-13-5-6-19(2)18-13/h3-6,12,15H,7-10H2,1-2H3. The van der Waals surface area contributed by atoms with E-state index < -0.39 is 0 Å². The van der Waals surface area contributed by atoms with Gasteiger partial charge in [0.1, 0.15) is 0 Å². The molecule has 1 fully saturated rings. The van der Waals surface area contributed by atoms with Gasteiger partial charge >= 0.3 is 0 Å². The first kappa shape index (κ1) is 13.1. The highest BCUT2D eigenvalue weighted by Gasteiger charge is 2.27. The number of nitrogens with zero attached hydrogens (tertiary/aromatic N) is 5. The lowest BCUT2D eigenvalue weighted by molar-refractivity contribution is 0.380. The van der Waals surface area contributed by atoms with Crippen LogP contribution in [0.25, 0.3) is 0 Å². The quantitative estimate of drug-likeness (QED) is 0.870. The maximum Gasteiger partial charge on any atom is 0.151 e. The Labute approximate surface area is 118 Å². The number of hydrogen-bond acceptors (Lipinski definition) is 5. The molecule has 3 rings (SSSR count). The van der Waals surface area contributed by atoms with Gasteiger partial charge in [-0.3, -0.25) is 4.68 Å². The van der Waals surface area contributed by atoms with Gasteiger partial charge in [0.2, 0.25) is 0 Å². The minimum Gasteiger partial charge on any atom is -0.354 e. The fraction of sp³-hybridized carbons (Fsp3) is 0.500. The molecule has 3 heterocycles. The highest BCUT2D eigenvalue weighted by Crippen LogP contribution is 2.21. The summed E-state index contributed by atoms with van der Waals surface area (Å²) in [6, 6.07) is 6.09. The third-order valence-electron chi connectivity index (χ3n) is 3.57. The van der Waals surface area contributed by atoms with E-state index >= 15 is 0 Å². The van der Waals surface area contributed by atoms with E-state index in [0.717, 1.165) is 43.4 Å². The van der Waals surface area contributed by atoms with Crippen molar-refractivity contribution >= 4 is 5.82 Å². The number of aromatic nitrogens is 4. The van der Waals surface area contributed by atoms with Crippen molar-refractivity contribution in [1.82, 2.24) is 25.3 Å². The largest absolute Gasteiger partial charge is 0.354 e. The van der Waals surface area contributed by atoms with Gasteiger partial charge in [-0.1, -0.05) is 0 Å². The molecule has 2 aromatic rings. The number of anilines is 1. The number of nitrogens with one attached hydrogen (secondary N) is 1. The van der Waals surface area contributed by atoms with Gasteiger partial charge in [0.05, 0.1) is 11.4 Å². The molecule has 0 spiro atoms. The third kappa shape index (κ3) is 2.96. The van der Waals surface area contributed by atoms with Crippen LogP contribution in [-0.4, -0.2) is 39.6 Å². The second kappa shape index (κ2) is 5.58. The van der Waals surface area contributed by atoms with Crippen molar-refractivity contribution in [2.75, 3.05) is 24.5 Å². The summed E-state index contributed by atoms with van der Waals surface area (Å²) >= 11 is 0. The molecule has 106 valence electrons. The fourth-order valence-electron chi connectivity index (χ4n) is 2.41. The van der Waals surface area contributed by atoms with E-state index in [9.17, 15) is 0 Å². The Morgan fingerprint density at radius 2 is 2.10 bits per heavy atom. The molecule has 6 heteroatoms. The first-order valence-corrected chi connectivity index (χ1v) is 6.95. The summed E-state index contributed by atoms with van der Waals surface area (Å²) < 4.78 is 1.83. The zero-order valence-corrected chi connectivity index (χ0v) is 12.0. The number of aryl methyl sites for hydroxylation is 2. The molecule has 0 aliphatic carbocycles. The summed E-state index contributed by atoms with van der Waals surface area (Å²) in [6.45, 7) is 5.91. The Balaban J connectivity index is 1.39. The minimum atomic E-state index is 0.682. The van der Waals surface area contributed by atoms with E-state index in [2.05, 4.69) is 25.5 Å². The summed E-state index contributed by atoms with van der Waals surface area (Å²) in [7, 11) is 1.94. The van der Waals surface area contributed by atoms with Crippen LogP contribution in [0.15, 0.2) is 24.4 Å². The minimum absolute atomic E-state index is 0.682. The molecule has 1 aliphatic heterocycles. The second-order valence-corrected chi connectivity index (χ2v) is 5.42. The topological polar surface area (TPSA) is 58.9 Å². The first-order chi connectivity index (χ1) is 9.70. The third-order valence-corrected chi connectivity index (χ3v) is 3.57. The van der Waals surface area contributed by atoms with Crippen molar-refractivity contribution in [3.05, 3.63) is 35.8 Å². The SMILES string of the molecule is Cc1ccc(N2CC(CNCc3ccn(C)n3)C2)nn1. The molecule has 0 bridgehead atoms. The lowest BCUT2D eigenvalue weighted by Crippen LogP contribution is -2.51. The maximum absolute atomic E-state index is 4.35. The molecule has 0 amide bonds. The van der Waals surface area contributed by atoms with Gasteiger partial charge in [-0.25, -0.2) is 0 Å². The van der Waals surface area contributed by atoms with Gasteiger partial charge in [-0.2, -0.15) is 10.2 Å². The van der Waals surface area contributed by atoms with Crippen LogP contribution in [0.3, 0.4) is 0 Å². The molecule has 2 aromatic heterocycles. The average Bonchev–Trinajstić information content (AvgIpc) is 2.80. The highest BCUT2D eigenvalue weighted by atomic mass is 15.3. The molecule has 0 radical (unpaired) electrons. The number of rotatable bonds is 5. The molecule has 1 N–H and O–H groups in total. The number of hydrogen-bond donors (Lipinski definition) is 1. The van der Waals surface area contributed by atoms with E-state index in [-0.39, 0.29) is 0 Å². The summed E-state index contributed by atoms with van der Waals surface area (Å²) in [5.41, 5.74) is 2.05. The predicted molar refractivity (Wildman–Crippen MR) is 77.4 cm³/mol. The van der Waals surface area contributed by atoms with Gasteiger partial charge in [-0.05, 0) is 25.1 Å². The summed E-state index contributed by atoms with van der Waals surface area (Å²) in [4.78, 5) is 2.26. The van der Waals surface area contributed by atoms with Crippen LogP contribution in [0.4, 0.5) is 5.82 Å². The van der Waals surface area contributed by atoms with Crippen LogP contribution < -0.4 is 10.2 Å². The van der Waals surface area contributed by atoms with Crippen molar-refractivity contribution in [3.63, 3.8) is 0 Å². The second-order valence-electron chi connectivity index (χ2n) is 5.42. The zero-order chi connectivity index (χ0) is 13.9. The van der Waals surface area contributed by atoms with Crippen LogP contribution in [-0.2, 0) is 13.6 Å². The Kier molecular flexibility index (Phi) is 3.64. The van der Waals surface area contributed by atoms with E-state index in [1.165, 1.54) is 0 Å². The van der Waals surface area contributed by atoms with Crippen LogP contribution in [0.1, 0.15) is 11.4 Å². The molecule has 20 heavy (non-hydrogen) atoms. The molecule has 6 nitrogen and oxygen atoms in total. The van der Waals surface area contributed by atoms with E-state index in [4.69, 9.17) is 0 Å². The fourth-order valence-corrected chi connectivity index (χ4v) is 2.41. The molecule has 1 saturated heterocycles. The van der Waals surface area contributed by atoms with Crippen molar-refractivity contribution in [2.24, 2.45) is 13.0 Å². The van der Waals surface area contributed by atoms with Gasteiger partial charge in [0.25, 0.3) is 0 Å². The maximum atomic E-state index is 4.35. The van der Waals surface area contributed by atoms with Crippen molar-refractivity contribution in [3.8, 4) is 0 Å². The summed E-state index contributed by atoms with van der Waals surface area (Å²) in [6.07, 6.45) is 1.97. The van der Waals surface area contributed by atoms with Gasteiger partial charge in [0.15, 0.2) is 5.82 Å². The predicted octanol–water partition coefficient (Wildman–Crippen LogP) is 0.745. The molecular weight excluding hydrogens is 252 g/mol. The van der Waals surface area contributed by atoms with Crippen LogP contribution in [0.2, 0.25) is 0 Å². The van der Waals surface area contributed by atoms with Crippen LogP contribution in [0, 0.1) is 12.8 Å². The molecule has 0 saturated carbocycles. The lowest BCUT2D eigenvalue weighted by atomic mass is 10.0. The molecular formula is C14H20N6. The molecule has 0 atom stereocenters. The van der Waals surface area contributed by atoms with Crippen molar-refractivity contribution in [2.45, 2.75) is 13.5 Å². The Morgan fingerprint density at radius 3 is 2.75 bits per heavy atom. The normalized spacial score (nSPS) is 15.4. The monoisotopic (exact) mass is 272 g/mol. The molecule has 0 unspecified atom stereocenters. The van der Waals surface area contributed by atoms with Crippen molar-refractivity contribution < 1.29 is 0 Å². The lowest BCUT2D eigenvalue weighted by Gasteiger charge is -2.40. The summed E-state index contributed by atoms with van der Waals surface area (Å²) in [5.74, 6) is 1.67. The van der Waals surface area contributed by atoms with Gasteiger partial charge in [0, 0.05) is 45.3 Å². The Hall–Kier alpha value is -1.95.